The Labute approximate surface area is 286 Å². The number of carbonyl (C=O) groups excluding carboxylic acids is 2. The van der Waals surface area contributed by atoms with Crippen molar-refractivity contribution in [2.45, 2.75) is 63.2 Å². The molecule has 0 fully saturated rings. The number of carbonyl (C=O) groups is 2. The zero-order chi connectivity index (χ0) is 36.5. The maximum Gasteiger partial charge on any atom is 0.529 e. The third-order valence-corrected chi connectivity index (χ3v) is 5.72. The molecule has 26 heteroatoms. The van der Waals surface area contributed by atoms with Crippen molar-refractivity contribution in [2.75, 3.05) is 67.5 Å². The molecule has 2 N–H and O–H groups in total. The molecule has 0 saturated heterocycles. The van der Waals surface area contributed by atoms with E-state index in [1.807, 2.05) is 0 Å². The molecule has 2 amide bonds. The molecular weight excluding hydrogens is 842 g/mol. The average Bonchev–Trinajstić information content (AvgIpc) is 2.77. The van der Waals surface area contributed by atoms with Crippen LogP contribution in [0, 0.1) is 0 Å². The third kappa shape index (κ3) is 23.9. The Balaban J connectivity index is -0.0000101. The third-order valence-electron chi connectivity index (χ3n) is 5.72. The zero-order valence-electron chi connectivity index (χ0n) is 25.5. The first-order valence-electron chi connectivity index (χ1n) is 12.9. The topological polar surface area (TPSA) is 95.1 Å². The zero-order valence-corrected chi connectivity index (χ0v) is 28.6. The number of alkyl halides is 14. The van der Waals surface area contributed by atoms with E-state index in [1.165, 1.54) is 0 Å². The molecule has 10 nitrogen and oxygen atoms in total. The van der Waals surface area contributed by atoms with Crippen molar-refractivity contribution >= 4 is 11.8 Å². The summed E-state index contributed by atoms with van der Waals surface area (Å²) < 4.78 is 186. The van der Waals surface area contributed by atoms with Crippen molar-refractivity contribution in [1.82, 2.24) is 10.6 Å². The van der Waals surface area contributed by atoms with Crippen LogP contribution in [0.15, 0.2) is 0 Å². The van der Waals surface area contributed by atoms with Crippen LogP contribution >= 0.6 is 0 Å². The highest BCUT2D eigenvalue weighted by atomic mass is 79.9. The first-order valence-corrected chi connectivity index (χ1v) is 12.9. The number of unbranched alkanes of at least 4 members (excludes halogenated alkanes) is 1. The Bertz CT molecular complexity index is 914. The predicted octanol–water partition coefficient (Wildman–Crippen LogP) is -1.67. The molecule has 0 radical (unpaired) electrons. The SMILES string of the molecule is C[N+](C)(CCCC[N+](C)(C)CCCNC(=O)C(F)(F)OC(F)(F)OC(F)(F)F)CCCNC(=O)C(F)(F)OC(F)(F)OC(F)(F)F.[Br-].[Br-]. The van der Waals surface area contributed by atoms with Crippen molar-refractivity contribution in [3.8, 4) is 0 Å². The van der Waals surface area contributed by atoms with Crippen LogP contribution in [0.4, 0.5) is 61.5 Å². The lowest BCUT2D eigenvalue weighted by Gasteiger charge is -2.32. The molecular formula is C22H34Br2F14N4O6. The maximum absolute atomic E-state index is 13.4. The van der Waals surface area contributed by atoms with E-state index in [9.17, 15) is 71.1 Å². The number of halogens is 16. The summed E-state index contributed by atoms with van der Waals surface area (Å²) in [6.07, 6.45) is -33.1. The molecule has 0 atom stereocenters. The van der Waals surface area contributed by atoms with Crippen LogP contribution in [-0.4, -0.2) is 126 Å². The highest BCUT2D eigenvalue weighted by Gasteiger charge is 2.57. The van der Waals surface area contributed by atoms with Gasteiger partial charge in [0.2, 0.25) is 0 Å². The van der Waals surface area contributed by atoms with Crippen molar-refractivity contribution in [3.63, 3.8) is 0 Å². The maximum atomic E-state index is 13.4. The number of ether oxygens (including phenoxy) is 4. The monoisotopic (exact) mass is 874 g/mol. The summed E-state index contributed by atoms with van der Waals surface area (Å²) in [6.45, 7) is 0.659. The van der Waals surface area contributed by atoms with Gasteiger partial charge in [0.25, 0.3) is 0 Å². The van der Waals surface area contributed by atoms with Gasteiger partial charge in [0.05, 0.1) is 54.4 Å². The lowest BCUT2D eigenvalue weighted by Crippen LogP contribution is -3.00. The number of hydrogen-bond donors (Lipinski definition) is 2. The van der Waals surface area contributed by atoms with E-state index < -0.39 is 62.4 Å². The van der Waals surface area contributed by atoms with Gasteiger partial charge in [-0.1, -0.05) is 0 Å². The number of quaternary nitrogens is 2. The van der Waals surface area contributed by atoms with Gasteiger partial charge >= 0.3 is 49.3 Å². The first-order chi connectivity index (χ1) is 20.3. The number of hydrogen-bond acceptors (Lipinski definition) is 6. The summed E-state index contributed by atoms with van der Waals surface area (Å²) >= 11 is 0. The fourth-order valence-corrected chi connectivity index (χ4v) is 3.63. The van der Waals surface area contributed by atoms with E-state index in [1.54, 1.807) is 38.8 Å². The molecule has 290 valence electrons. The molecule has 0 saturated carbocycles. The van der Waals surface area contributed by atoms with Gasteiger partial charge in [-0.3, -0.25) is 9.59 Å². The quantitative estimate of drug-likeness (QED) is 0.0622. The minimum Gasteiger partial charge on any atom is -1.00 e. The largest absolute Gasteiger partial charge is 1.00 e. The molecule has 0 aliphatic heterocycles. The number of amides is 2. The van der Waals surface area contributed by atoms with Crippen LogP contribution in [0.5, 0.6) is 0 Å². The second kappa shape index (κ2) is 19.3. The highest BCUT2D eigenvalue weighted by molar-refractivity contribution is 5.82. The Kier molecular flexibility index (Phi) is 20.6. The summed E-state index contributed by atoms with van der Waals surface area (Å²) in [7, 11) is 6.95. The number of nitrogens with zero attached hydrogens (tertiary/aromatic N) is 2. The van der Waals surface area contributed by atoms with E-state index in [0.29, 0.717) is 34.9 Å². The Morgan fingerprint density at radius 1 is 0.479 bits per heavy atom. The minimum atomic E-state index is -6.02. The second-order valence-electron chi connectivity index (χ2n) is 11.0. The standard InChI is InChI=1S/C22H32F14N4O6.2BrH/c1-39(2,13-7-9-37-15(41)17(23,24)43-21(33,34)45-19(27,28)29)11-5-6-12-40(3,4)14-8-10-38-16(42)18(25,26)44-22(35,36)46-20(30,31)32;;/h5-14H2,1-4H3;2*1H. The summed E-state index contributed by atoms with van der Waals surface area (Å²) in [5.41, 5.74) is 0. The first kappa shape index (κ1) is 51.1. The normalized spacial score (nSPS) is 13.8. The molecule has 0 rings (SSSR count). The van der Waals surface area contributed by atoms with E-state index >= 15 is 0 Å². The Morgan fingerprint density at radius 2 is 0.729 bits per heavy atom. The fraction of sp³-hybridized carbons (Fsp3) is 0.909. The minimum absolute atomic E-state index is 0. The molecule has 0 heterocycles. The highest BCUT2D eigenvalue weighted by Crippen LogP contribution is 2.35. The molecule has 0 aromatic carbocycles. The summed E-state index contributed by atoms with van der Waals surface area (Å²) in [5.74, 6) is -4.83. The molecule has 0 unspecified atom stereocenters. The number of rotatable bonds is 21. The van der Waals surface area contributed by atoms with E-state index in [4.69, 9.17) is 0 Å². The molecule has 0 aliphatic carbocycles. The molecule has 0 aromatic rings. The predicted molar refractivity (Wildman–Crippen MR) is 124 cm³/mol. The number of nitrogens with one attached hydrogen (secondary N) is 2. The van der Waals surface area contributed by atoms with Crippen LogP contribution in [0.3, 0.4) is 0 Å². The second-order valence-corrected chi connectivity index (χ2v) is 11.0. The van der Waals surface area contributed by atoms with Crippen molar-refractivity contribution in [2.24, 2.45) is 0 Å². The van der Waals surface area contributed by atoms with E-state index in [0.717, 1.165) is 0 Å². The van der Waals surface area contributed by atoms with Gasteiger partial charge in [-0.05, 0) is 0 Å². The Morgan fingerprint density at radius 3 is 0.979 bits per heavy atom. The smallest absolute Gasteiger partial charge is 0.529 e. The Hall–Kier alpha value is -1.32. The van der Waals surface area contributed by atoms with E-state index in [2.05, 4.69) is 18.9 Å². The van der Waals surface area contributed by atoms with Crippen LogP contribution in [0.1, 0.15) is 25.7 Å². The summed E-state index contributed by atoms with van der Waals surface area (Å²) in [6, 6.07) is 0. The molecule has 0 spiro atoms. The van der Waals surface area contributed by atoms with Crippen molar-refractivity contribution < 1.29 is 133 Å². The lowest BCUT2D eigenvalue weighted by molar-refractivity contribution is -0.896. The van der Waals surface area contributed by atoms with Gasteiger partial charge < -0.3 is 53.6 Å². The fourth-order valence-electron chi connectivity index (χ4n) is 3.63. The molecule has 0 aromatic heterocycles. The van der Waals surface area contributed by atoms with Crippen LogP contribution in [0.2, 0.25) is 0 Å². The molecule has 0 aliphatic rings. The van der Waals surface area contributed by atoms with Gasteiger partial charge in [0, 0.05) is 38.8 Å². The van der Waals surface area contributed by atoms with Gasteiger partial charge in [-0.2, -0.15) is 27.0 Å². The van der Waals surface area contributed by atoms with Gasteiger partial charge in [-0.25, -0.2) is 9.47 Å². The van der Waals surface area contributed by atoms with Crippen molar-refractivity contribution in [3.05, 3.63) is 0 Å². The van der Waals surface area contributed by atoms with Gasteiger partial charge in [0.1, 0.15) is 0 Å². The lowest BCUT2D eigenvalue weighted by atomic mass is 10.2. The molecule has 48 heavy (non-hydrogen) atoms. The average molecular weight is 876 g/mol. The van der Waals surface area contributed by atoms with Crippen LogP contribution in [0.25, 0.3) is 0 Å². The van der Waals surface area contributed by atoms with Crippen molar-refractivity contribution in [1.29, 1.82) is 0 Å². The summed E-state index contributed by atoms with van der Waals surface area (Å²) in [5, 5.41) is 3.15. The van der Waals surface area contributed by atoms with Gasteiger partial charge in [-0.15, -0.1) is 43.9 Å². The van der Waals surface area contributed by atoms with Crippen LogP contribution < -0.4 is 44.6 Å². The van der Waals surface area contributed by atoms with Gasteiger partial charge in [0.15, 0.2) is 0 Å². The molecule has 0 bridgehead atoms. The summed E-state index contributed by atoms with van der Waals surface area (Å²) in [4.78, 5) is 22.8. The van der Waals surface area contributed by atoms with Crippen LogP contribution in [-0.2, 0) is 28.5 Å². The van der Waals surface area contributed by atoms with E-state index in [-0.39, 0.29) is 59.9 Å².